The van der Waals surface area contributed by atoms with E-state index in [1.165, 1.54) is 40.9 Å². The van der Waals surface area contributed by atoms with Crippen molar-refractivity contribution in [3.8, 4) is 5.75 Å². The average molecular weight is 498 g/mol. The molecule has 0 spiro atoms. The minimum absolute atomic E-state index is 0.000451. The number of anilines is 1. The highest BCUT2D eigenvalue weighted by molar-refractivity contribution is 8.15. The van der Waals surface area contributed by atoms with Crippen LogP contribution < -0.4 is 10.1 Å². The molecule has 3 aromatic rings. The Morgan fingerprint density at radius 1 is 1.15 bits per heavy atom. The summed E-state index contributed by atoms with van der Waals surface area (Å²) in [4.78, 5) is 32.2. The minimum Gasteiger partial charge on any atom is -0.497 e. The summed E-state index contributed by atoms with van der Waals surface area (Å²) in [6.07, 6.45) is -0.000451. The van der Waals surface area contributed by atoms with Crippen molar-refractivity contribution in [1.82, 2.24) is 4.90 Å². The van der Waals surface area contributed by atoms with Gasteiger partial charge >= 0.3 is 0 Å². The number of amidine groups is 1. The normalized spacial score (nSPS) is 17.0. The lowest BCUT2D eigenvalue weighted by atomic mass is 10.2. The Morgan fingerprint density at radius 2 is 1.85 bits per heavy atom. The van der Waals surface area contributed by atoms with Crippen LogP contribution in [0.4, 0.5) is 15.8 Å². The van der Waals surface area contributed by atoms with Gasteiger partial charge in [0.2, 0.25) is 11.8 Å². The third-order valence-electron chi connectivity index (χ3n) is 5.11. The van der Waals surface area contributed by atoms with Crippen molar-refractivity contribution < 1.29 is 18.7 Å². The first-order chi connectivity index (χ1) is 16.4. The summed E-state index contributed by atoms with van der Waals surface area (Å²) in [6.45, 7) is 0.273. The first kappa shape index (κ1) is 23.8. The zero-order valence-electron chi connectivity index (χ0n) is 18.2. The lowest BCUT2D eigenvalue weighted by Gasteiger charge is -2.32. The fourth-order valence-electron chi connectivity index (χ4n) is 3.31. The summed E-state index contributed by atoms with van der Waals surface area (Å²) in [5.41, 5.74) is 1.82. The van der Waals surface area contributed by atoms with Crippen LogP contribution in [0, 0.1) is 5.82 Å². The highest BCUT2D eigenvalue weighted by atomic mass is 35.5. The Kier molecular flexibility index (Phi) is 7.49. The van der Waals surface area contributed by atoms with Crippen molar-refractivity contribution in [3.63, 3.8) is 0 Å². The number of carbonyl (C=O) groups is 2. The van der Waals surface area contributed by atoms with Crippen LogP contribution in [0.15, 0.2) is 77.8 Å². The maximum atomic E-state index is 13.4. The minimum atomic E-state index is -0.699. The molecule has 34 heavy (non-hydrogen) atoms. The number of methoxy groups -OCH3 is 1. The van der Waals surface area contributed by atoms with Gasteiger partial charge in [0.25, 0.3) is 0 Å². The fraction of sp³-hybridized carbons (Fsp3) is 0.160. The van der Waals surface area contributed by atoms with Gasteiger partial charge in [-0.25, -0.2) is 9.38 Å². The van der Waals surface area contributed by atoms with Gasteiger partial charge in [-0.3, -0.25) is 14.5 Å². The second-order valence-electron chi connectivity index (χ2n) is 7.48. The topological polar surface area (TPSA) is 71.0 Å². The maximum Gasteiger partial charge on any atom is 0.238 e. The molecule has 0 aliphatic carbocycles. The molecule has 0 radical (unpaired) electrons. The van der Waals surface area contributed by atoms with Crippen LogP contribution in [-0.4, -0.2) is 34.2 Å². The molecule has 4 rings (SSSR count). The number of thioether (sulfide) groups is 1. The largest absolute Gasteiger partial charge is 0.497 e. The van der Waals surface area contributed by atoms with Gasteiger partial charge in [0.1, 0.15) is 16.8 Å². The van der Waals surface area contributed by atoms with Gasteiger partial charge in [-0.05, 0) is 54.1 Å². The van der Waals surface area contributed by atoms with Crippen LogP contribution >= 0.6 is 23.4 Å². The molecule has 9 heteroatoms. The van der Waals surface area contributed by atoms with Crippen LogP contribution in [0.1, 0.15) is 12.0 Å². The molecule has 1 aliphatic rings. The van der Waals surface area contributed by atoms with E-state index in [1.807, 2.05) is 24.3 Å². The third kappa shape index (κ3) is 5.76. The highest BCUT2D eigenvalue weighted by Gasteiger charge is 2.36. The Hall–Kier alpha value is -3.36. The molecule has 2 amide bonds. The third-order valence-corrected chi connectivity index (χ3v) is 6.63. The van der Waals surface area contributed by atoms with Crippen LogP contribution in [0.3, 0.4) is 0 Å². The number of benzene rings is 3. The Bertz CT molecular complexity index is 1220. The van der Waals surface area contributed by atoms with Crippen LogP contribution in [0.25, 0.3) is 0 Å². The Balaban J connectivity index is 1.60. The van der Waals surface area contributed by atoms with Crippen molar-refractivity contribution >= 4 is 51.7 Å². The Labute approximate surface area is 205 Å². The monoisotopic (exact) mass is 497 g/mol. The first-order valence-electron chi connectivity index (χ1n) is 10.4. The van der Waals surface area contributed by atoms with Gasteiger partial charge in [-0.1, -0.05) is 47.6 Å². The fourth-order valence-corrected chi connectivity index (χ4v) is 4.59. The molecule has 0 aromatic heterocycles. The lowest BCUT2D eigenvalue weighted by molar-refractivity contribution is -0.129. The van der Waals surface area contributed by atoms with Crippen LogP contribution in [0.2, 0.25) is 5.02 Å². The zero-order chi connectivity index (χ0) is 24.1. The average Bonchev–Trinajstić information content (AvgIpc) is 2.84. The van der Waals surface area contributed by atoms with Crippen molar-refractivity contribution in [2.75, 3.05) is 12.4 Å². The van der Waals surface area contributed by atoms with Gasteiger partial charge < -0.3 is 10.1 Å². The number of nitrogens with one attached hydrogen (secondary N) is 1. The number of halogens is 2. The van der Waals surface area contributed by atoms with E-state index in [0.717, 1.165) is 5.56 Å². The van der Waals surface area contributed by atoms with Crippen LogP contribution in [0.5, 0.6) is 5.75 Å². The maximum absolute atomic E-state index is 13.4. The molecule has 1 atom stereocenters. The number of amides is 2. The molecule has 1 N–H and O–H groups in total. The number of nitrogens with zero attached hydrogens (tertiary/aromatic N) is 2. The quantitative estimate of drug-likeness (QED) is 0.478. The van der Waals surface area contributed by atoms with E-state index in [9.17, 15) is 14.0 Å². The molecular weight excluding hydrogens is 477 g/mol. The number of hydrogen-bond donors (Lipinski definition) is 1. The number of carbonyl (C=O) groups excluding carboxylic acids is 2. The van der Waals surface area contributed by atoms with Crippen molar-refractivity contribution in [1.29, 1.82) is 0 Å². The Morgan fingerprint density at radius 3 is 2.53 bits per heavy atom. The second kappa shape index (κ2) is 10.7. The van der Waals surface area contributed by atoms with Crippen LogP contribution in [-0.2, 0) is 16.1 Å². The summed E-state index contributed by atoms with van der Waals surface area (Å²) in [6, 6.07) is 19.9. The molecule has 0 bridgehead atoms. The highest BCUT2D eigenvalue weighted by Crippen LogP contribution is 2.32. The molecular formula is C25H21ClFN3O3S. The predicted molar refractivity (Wildman–Crippen MR) is 133 cm³/mol. The van der Waals surface area contributed by atoms with E-state index >= 15 is 0 Å². The molecule has 174 valence electrons. The standard InChI is InChI=1S/C25H21ClFN3O3S/c1-33-19-12-6-16(7-13-19)15-30-23(31)14-22(24(32)29-21-5-3-2-4-20(21)26)34-25(30)28-18-10-8-17(27)9-11-18/h2-13,22H,14-15H2,1H3,(H,29,32)/t22-/m1/s1. The van der Waals surface area contributed by atoms with Gasteiger partial charge in [0.15, 0.2) is 5.17 Å². The summed E-state index contributed by atoms with van der Waals surface area (Å²) in [5, 5.41) is 2.86. The summed E-state index contributed by atoms with van der Waals surface area (Å²) < 4.78 is 18.6. The van der Waals surface area contributed by atoms with Gasteiger partial charge in [-0.2, -0.15) is 0 Å². The van der Waals surface area contributed by atoms with Gasteiger partial charge in [0, 0.05) is 6.42 Å². The summed E-state index contributed by atoms with van der Waals surface area (Å²) >= 11 is 7.34. The van der Waals surface area contributed by atoms with E-state index in [0.29, 0.717) is 27.3 Å². The van der Waals surface area contributed by atoms with E-state index in [1.54, 1.807) is 31.4 Å². The van der Waals surface area contributed by atoms with E-state index in [4.69, 9.17) is 16.3 Å². The molecule has 1 fully saturated rings. The van der Waals surface area contributed by atoms with Gasteiger partial charge in [-0.15, -0.1) is 0 Å². The van der Waals surface area contributed by atoms with E-state index in [2.05, 4.69) is 10.3 Å². The van der Waals surface area contributed by atoms with E-state index < -0.39 is 5.25 Å². The summed E-state index contributed by atoms with van der Waals surface area (Å²) in [5.74, 6) is -0.264. The van der Waals surface area contributed by atoms with Crippen molar-refractivity contribution in [3.05, 3.63) is 89.2 Å². The molecule has 0 unspecified atom stereocenters. The number of aliphatic imine (C=N–C) groups is 1. The van der Waals surface area contributed by atoms with Crippen molar-refractivity contribution in [2.45, 2.75) is 18.2 Å². The zero-order valence-corrected chi connectivity index (χ0v) is 19.8. The number of rotatable bonds is 6. The van der Waals surface area contributed by atoms with Crippen molar-refractivity contribution in [2.24, 2.45) is 4.99 Å². The lowest BCUT2D eigenvalue weighted by Crippen LogP contribution is -2.44. The number of hydrogen-bond acceptors (Lipinski definition) is 5. The smallest absolute Gasteiger partial charge is 0.238 e. The molecule has 3 aromatic carbocycles. The predicted octanol–water partition coefficient (Wildman–Crippen LogP) is 5.65. The number of ether oxygens (including phenoxy) is 1. The molecule has 1 aliphatic heterocycles. The second-order valence-corrected chi connectivity index (χ2v) is 9.06. The summed E-state index contributed by atoms with van der Waals surface area (Å²) in [7, 11) is 1.58. The SMILES string of the molecule is COc1ccc(CN2C(=O)C[C@H](C(=O)Nc3ccccc3Cl)SC2=Nc2ccc(F)cc2)cc1. The first-order valence-corrected chi connectivity index (χ1v) is 11.7. The molecule has 0 saturated carbocycles. The van der Waals surface area contributed by atoms with E-state index in [-0.39, 0.29) is 30.6 Å². The molecule has 1 saturated heterocycles. The molecule has 1 heterocycles. The molecule has 6 nitrogen and oxygen atoms in total. The number of para-hydroxylation sites is 1. The van der Waals surface area contributed by atoms with Gasteiger partial charge in [0.05, 0.1) is 30.1 Å².